The summed E-state index contributed by atoms with van der Waals surface area (Å²) < 4.78 is 0. The molecule has 1 N–H and O–H groups in total. The van der Waals surface area contributed by atoms with Gasteiger partial charge < -0.3 is 5.32 Å². The Balaban J connectivity index is 2.11. The van der Waals surface area contributed by atoms with Crippen molar-refractivity contribution < 1.29 is 4.92 Å². The van der Waals surface area contributed by atoms with Crippen molar-refractivity contribution in [2.24, 2.45) is 5.92 Å². The van der Waals surface area contributed by atoms with Gasteiger partial charge in [0, 0.05) is 23.9 Å². The summed E-state index contributed by atoms with van der Waals surface area (Å²) in [5, 5.41) is 14.2. The van der Waals surface area contributed by atoms with E-state index in [9.17, 15) is 10.1 Å². The Labute approximate surface area is 101 Å². The minimum atomic E-state index is -0.321. The highest BCUT2D eigenvalue weighted by Gasteiger charge is 2.18. The van der Waals surface area contributed by atoms with Gasteiger partial charge >= 0.3 is 0 Å². The van der Waals surface area contributed by atoms with Crippen molar-refractivity contribution >= 4 is 11.4 Å². The zero-order chi connectivity index (χ0) is 12.4. The third kappa shape index (κ3) is 2.57. The van der Waals surface area contributed by atoms with Crippen LogP contribution in [0.25, 0.3) is 0 Å². The Hall–Kier alpha value is -1.58. The van der Waals surface area contributed by atoms with Crippen molar-refractivity contribution in [3.05, 3.63) is 33.4 Å². The summed E-state index contributed by atoms with van der Waals surface area (Å²) in [6.07, 6.45) is 3.95. The second-order valence-corrected chi connectivity index (χ2v) is 4.89. The van der Waals surface area contributed by atoms with Crippen molar-refractivity contribution in [2.75, 3.05) is 11.9 Å². The first-order valence-corrected chi connectivity index (χ1v) is 6.07. The highest BCUT2D eigenvalue weighted by atomic mass is 16.6. The molecule has 1 aromatic carbocycles. The fourth-order valence-corrected chi connectivity index (χ4v) is 2.14. The van der Waals surface area contributed by atoms with Crippen LogP contribution in [-0.4, -0.2) is 11.5 Å². The Morgan fingerprint density at radius 1 is 1.35 bits per heavy atom. The van der Waals surface area contributed by atoms with E-state index in [1.807, 2.05) is 13.0 Å². The number of nitrogens with zero attached hydrogens (tertiary/aromatic N) is 1. The predicted molar refractivity (Wildman–Crippen MR) is 68.4 cm³/mol. The smallest absolute Gasteiger partial charge is 0.272 e. The summed E-state index contributed by atoms with van der Waals surface area (Å²) in [7, 11) is 0. The molecule has 0 unspecified atom stereocenters. The summed E-state index contributed by atoms with van der Waals surface area (Å²) in [6.45, 7) is 4.68. The van der Waals surface area contributed by atoms with Gasteiger partial charge in [-0.15, -0.1) is 0 Å². The van der Waals surface area contributed by atoms with Gasteiger partial charge in [0.05, 0.1) is 4.92 Å². The van der Waals surface area contributed by atoms with Gasteiger partial charge in [-0.05, 0) is 44.2 Å². The maximum atomic E-state index is 10.8. The zero-order valence-electron chi connectivity index (χ0n) is 10.3. The molecule has 1 saturated carbocycles. The monoisotopic (exact) mass is 234 g/mol. The average Bonchev–Trinajstić information content (AvgIpc) is 2.19. The summed E-state index contributed by atoms with van der Waals surface area (Å²) in [5.74, 6) is 0.782. The molecule has 0 aliphatic heterocycles. The fraction of sp³-hybridized carbons (Fsp3) is 0.538. The molecule has 0 aromatic heterocycles. The molecule has 0 bridgehead atoms. The van der Waals surface area contributed by atoms with Gasteiger partial charge in [0.1, 0.15) is 0 Å². The van der Waals surface area contributed by atoms with Crippen LogP contribution >= 0.6 is 0 Å². The first-order chi connectivity index (χ1) is 8.08. The molecule has 1 fully saturated rings. The topological polar surface area (TPSA) is 55.2 Å². The molecule has 17 heavy (non-hydrogen) atoms. The number of anilines is 1. The largest absolute Gasteiger partial charge is 0.385 e. The van der Waals surface area contributed by atoms with Gasteiger partial charge in [-0.1, -0.05) is 6.42 Å². The van der Waals surface area contributed by atoms with Gasteiger partial charge in [0.2, 0.25) is 0 Å². The predicted octanol–water partition coefficient (Wildman–Crippen LogP) is 3.42. The molecule has 0 spiro atoms. The van der Waals surface area contributed by atoms with E-state index in [-0.39, 0.29) is 10.6 Å². The van der Waals surface area contributed by atoms with Crippen molar-refractivity contribution in [3.63, 3.8) is 0 Å². The maximum Gasteiger partial charge on any atom is 0.272 e. The van der Waals surface area contributed by atoms with E-state index in [1.165, 1.54) is 19.3 Å². The molecule has 2 rings (SSSR count). The lowest BCUT2D eigenvalue weighted by molar-refractivity contribution is -0.385. The van der Waals surface area contributed by atoms with E-state index in [4.69, 9.17) is 0 Å². The number of benzene rings is 1. The van der Waals surface area contributed by atoms with Crippen molar-refractivity contribution in [3.8, 4) is 0 Å². The number of nitro benzene ring substituents is 1. The summed E-state index contributed by atoms with van der Waals surface area (Å²) in [4.78, 5) is 10.5. The van der Waals surface area contributed by atoms with Gasteiger partial charge in [-0.3, -0.25) is 10.1 Å². The molecule has 0 amide bonds. The van der Waals surface area contributed by atoms with E-state index >= 15 is 0 Å². The molecule has 0 radical (unpaired) electrons. The number of nitro groups is 1. The molecule has 92 valence electrons. The normalized spacial score (nSPS) is 15.4. The van der Waals surface area contributed by atoms with Crippen LogP contribution < -0.4 is 5.32 Å². The molecule has 1 aliphatic carbocycles. The van der Waals surface area contributed by atoms with Crippen molar-refractivity contribution in [1.82, 2.24) is 0 Å². The fourth-order valence-electron chi connectivity index (χ4n) is 2.14. The Morgan fingerprint density at radius 3 is 2.59 bits per heavy atom. The highest BCUT2D eigenvalue weighted by molar-refractivity contribution is 5.59. The van der Waals surface area contributed by atoms with E-state index in [0.717, 1.165) is 29.3 Å². The molecule has 1 aromatic rings. The number of hydrogen-bond donors (Lipinski definition) is 1. The van der Waals surface area contributed by atoms with Crippen LogP contribution in [-0.2, 0) is 0 Å². The molecular formula is C13H18N2O2. The van der Waals surface area contributed by atoms with Gasteiger partial charge in [0.15, 0.2) is 0 Å². The SMILES string of the molecule is Cc1cc([N+](=O)[O-])c(C)cc1NCC1CCC1. The van der Waals surface area contributed by atoms with E-state index < -0.39 is 0 Å². The third-order valence-corrected chi connectivity index (χ3v) is 3.55. The molecule has 4 heteroatoms. The maximum absolute atomic E-state index is 10.8. The lowest BCUT2D eigenvalue weighted by atomic mass is 9.85. The second kappa shape index (κ2) is 4.73. The Bertz CT molecular complexity index is 439. The minimum Gasteiger partial charge on any atom is -0.385 e. The summed E-state index contributed by atoms with van der Waals surface area (Å²) in [6, 6.07) is 3.53. The molecule has 0 heterocycles. The van der Waals surface area contributed by atoms with Gasteiger partial charge in [-0.2, -0.15) is 0 Å². The highest BCUT2D eigenvalue weighted by Crippen LogP contribution is 2.29. The lowest BCUT2D eigenvalue weighted by Gasteiger charge is -2.26. The molecule has 0 saturated heterocycles. The number of aryl methyl sites for hydroxylation is 2. The van der Waals surface area contributed by atoms with Crippen LogP contribution in [0.2, 0.25) is 0 Å². The molecule has 1 aliphatic rings. The molecule has 4 nitrogen and oxygen atoms in total. The average molecular weight is 234 g/mol. The first kappa shape index (κ1) is 11.9. The van der Waals surface area contributed by atoms with E-state index in [1.54, 1.807) is 13.0 Å². The van der Waals surface area contributed by atoms with Crippen molar-refractivity contribution in [2.45, 2.75) is 33.1 Å². The number of nitrogens with one attached hydrogen (secondary N) is 1. The van der Waals surface area contributed by atoms with Crippen LogP contribution in [0.1, 0.15) is 30.4 Å². The summed E-state index contributed by atoms with van der Waals surface area (Å²) in [5.41, 5.74) is 2.90. The number of hydrogen-bond acceptors (Lipinski definition) is 3. The van der Waals surface area contributed by atoms with Crippen LogP contribution in [0.3, 0.4) is 0 Å². The molecular weight excluding hydrogens is 216 g/mol. The van der Waals surface area contributed by atoms with Gasteiger partial charge in [0.25, 0.3) is 5.69 Å². The standard InChI is InChI=1S/C13H18N2O2/c1-9-7-13(15(16)17)10(2)6-12(9)14-8-11-4-3-5-11/h6-7,11,14H,3-5,8H2,1-2H3. The Morgan fingerprint density at radius 2 is 2.06 bits per heavy atom. The van der Waals surface area contributed by atoms with Crippen LogP contribution in [0.5, 0.6) is 0 Å². The van der Waals surface area contributed by atoms with Crippen LogP contribution in [0, 0.1) is 29.9 Å². The van der Waals surface area contributed by atoms with Crippen LogP contribution in [0.4, 0.5) is 11.4 Å². The van der Waals surface area contributed by atoms with E-state index in [2.05, 4.69) is 5.32 Å². The number of rotatable bonds is 4. The Kier molecular flexibility index (Phi) is 3.31. The first-order valence-electron chi connectivity index (χ1n) is 6.07. The lowest BCUT2D eigenvalue weighted by Crippen LogP contribution is -2.21. The zero-order valence-corrected chi connectivity index (χ0v) is 10.3. The van der Waals surface area contributed by atoms with Crippen molar-refractivity contribution in [1.29, 1.82) is 0 Å². The van der Waals surface area contributed by atoms with Crippen LogP contribution in [0.15, 0.2) is 12.1 Å². The minimum absolute atomic E-state index is 0.205. The molecule has 0 atom stereocenters. The third-order valence-electron chi connectivity index (χ3n) is 3.55. The van der Waals surface area contributed by atoms with E-state index in [0.29, 0.717) is 0 Å². The quantitative estimate of drug-likeness (QED) is 0.641. The second-order valence-electron chi connectivity index (χ2n) is 4.89. The van der Waals surface area contributed by atoms with Gasteiger partial charge in [-0.25, -0.2) is 0 Å². The summed E-state index contributed by atoms with van der Waals surface area (Å²) >= 11 is 0.